The molecular formula is C14H23N5O2. The maximum absolute atomic E-state index is 11.3. The van der Waals surface area contributed by atoms with Gasteiger partial charge in [0.15, 0.2) is 0 Å². The van der Waals surface area contributed by atoms with E-state index in [1.165, 1.54) is 12.8 Å². The normalized spacial score (nSPS) is 17.0. The van der Waals surface area contributed by atoms with Crippen LogP contribution < -0.4 is 16.6 Å². The second kappa shape index (κ2) is 6.28. The summed E-state index contributed by atoms with van der Waals surface area (Å²) in [4.78, 5) is 13.1. The van der Waals surface area contributed by atoms with Crippen LogP contribution in [0.5, 0.6) is 0 Å². The van der Waals surface area contributed by atoms with E-state index >= 15 is 0 Å². The molecule has 1 saturated carbocycles. The van der Waals surface area contributed by atoms with Gasteiger partial charge in [-0.3, -0.25) is 16.0 Å². The van der Waals surface area contributed by atoms with E-state index in [0.29, 0.717) is 17.9 Å². The van der Waals surface area contributed by atoms with Crippen molar-refractivity contribution >= 4 is 17.1 Å². The van der Waals surface area contributed by atoms with Crippen LogP contribution in [-0.4, -0.2) is 36.0 Å². The van der Waals surface area contributed by atoms with Crippen LogP contribution in [0.1, 0.15) is 25.7 Å². The highest BCUT2D eigenvalue weighted by Gasteiger charge is 2.36. The van der Waals surface area contributed by atoms with Crippen LogP contribution >= 0.6 is 0 Å². The molecule has 7 nitrogen and oxygen atoms in total. The smallest absolute Gasteiger partial charge is 0.316 e. The molecule has 1 aromatic rings. The summed E-state index contributed by atoms with van der Waals surface area (Å²) < 4.78 is 0. The number of hydrogen-bond donors (Lipinski definition) is 3. The van der Waals surface area contributed by atoms with Crippen molar-refractivity contribution in [1.82, 2.24) is 4.90 Å². The predicted molar refractivity (Wildman–Crippen MR) is 84.3 cm³/mol. The van der Waals surface area contributed by atoms with Crippen molar-refractivity contribution in [2.75, 3.05) is 31.4 Å². The zero-order valence-corrected chi connectivity index (χ0v) is 12.6. The molecule has 0 aromatic heterocycles. The molecule has 21 heavy (non-hydrogen) atoms. The minimum Gasteiger partial charge on any atom is -0.378 e. The fourth-order valence-electron chi connectivity index (χ4n) is 3.07. The Hall–Kier alpha value is -1.86. The summed E-state index contributed by atoms with van der Waals surface area (Å²) in [5.74, 6) is 5.36. The first-order chi connectivity index (χ1) is 10.00. The van der Waals surface area contributed by atoms with Crippen LogP contribution in [0.3, 0.4) is 0 Å². The van der Waals surface area contributed by atoms with Crippen LogP contribution in [0.4, 0.5) is 17.1 Å². The molecule has 1 fully saturated rings. The number of hydrogen-bond acceptors (Lipinski definition) is 6. The first-order valence-electron chi connectivity index (χ1n) is 7.15. The Morgan fingerprint density at radius 2 is 1.95 bits per heavy atom. The van der Waals surface area contributed by atoms with Crippen LogP contribution in [0.25, 0.3) is 0 Å². The summed E-state index contributed by atoms with van der Waals surface area (Å²) >= 11 is 0. The van der Waals surface area contributed by atoms with Gasteiger partial charge in [0.05, 0.1) is 4.92 Å². The molecule has 0 unspecified atom stereocenters. The summed E-state index contributed by atoms with van der Waals surface area (Å²) in [6.45, 7) is 0.689. The molecule has 1 aromatic carbocycles. The average molecular weight is 293 g/mol. The fraction of sp³-hybridized carbons (Fsp3) is 0.571. The number of para-hydroxylation sites is 1. The van der Waals surface area contributed by atoms with E-state index in [1.54, 1.807) is 18.2 Å². The maximum atomic E-state index is 11.3. The van der Waals surface area contributed by atoms with Gasteiger partial charge >= 0.3 is 5.69 Å². The van der Waals surface area contributed by atoms with Gasteiger partial charge in [0.2, 0.25) is 0 Å². The third kappa shape index (κ3) is 3.08. The SMILES string of the molecule is CN(C)C1(CNc2cccc(NN)c2[N+](=O)[O-])CCCC1. The molecule has 116 valence electrons. The van der Waals surface area contributed by atoms with E-state index < -0.39 is 4.92 Å². The van der Waals surface area contributed by atoms with Crippen molar-refractivity contribution in [1.29, 1.82) is 0 Å². The largest absolute Gasteiger partial charge is 0.378 e. The van der Waals surface area contributed by atoms with Gasteiger partial charge in [-0.1, -0.05) is 18.9 Å². The number of nitrogen functional groups attached to an aromatic ring is 1. The number of nitrogens with two attached hydrogens (primary N) is 1. The lowest BCUT2D eigenvalue weighted by molar-refractivity contribution is -0.383. The van der Waals surface area contributed by atoms with E-state index in [4.69, 9.17) is 5.84 Å². The second-order valence-corrected chi connectivity index (χ2v) is 5.78. The second-order valence-electron chi connectivity index (χ2n) is 5.78. The fourth-order valence-corrected chi connectivity index (χ4v) is 3.07. The van der Waals surface area contributed by atoms with Gasteiger partial charge in [0, 0.05) is 12.1 Å². The quantitative estimate of drug-likeness (QED) is 0.422. The number of hydrazine groups is 1. The molecule has 0 bridgehead atoms. The Morgan fingerprint density at radius 3 is 2.48 bits per heavy atom. The topological polar surface area (TPSA) is 96.5 Å². The highest BCUT2D eigenvalue weighted by molar-refractivity contribution is 5.75. The number of nitrogens with one attached hydrogen (secondary N) is 2. The van der Waals surface area contributed by atoms with Crippen LogP contribution in [0, 0.1) is 10.1 Å². The molecule has 7 heteroatoms. The Morgan fingerprint density at radius 1 is 1.33 bits per heavy atom. The monoisotopic (exact) mass is 293 g/mol. The van der Waals surface area contributed by atoms with Gasteiger partial charge in [-0.2, -0.15) is 0 Å². The van der Waals surface area contributed by atoms with E-state index in [0.717, 1.165) is 12.8 Å². The zero-order chi connectivity index (χ0) is 15.5. The Balaban J connectivity index is 2.22. The van der Waals surface area contributed by atoms with E-state index in [1.807, 2.05) is 0 Å². The van der Waals surface area contributed by atoms with Gasteiger partial charge in [-0.15, -0.1) is 0 Å². The Labute approximate surface area is 124 Å². The van der Waals surface area contributed by atoms with Crippen molar-refractivity contribution < 1.29 is 4.92 Å². The Bertz CT molecular complexity index is 512. The molecule has 0 heterocycles. The molecule has 0 saturated heterocycles. The lowest BCUT2D eigenvalue weighted by atomic mass is 9.96. The van der Waals surface area contributed by atoms with Crippen molar-refractivity contribution in [3.63, 3.8) is 0 Å². The van der Waals surface area contributed by atoms with Crippen molar-refractivity contribution in [3.8, 4) is 0 Å². The standard InChI is InChI=1S/C14H23N5O2/c1-18(2)14(8-3-4-9-14)10-16-11-6-5-7-12(17-15)13(11)19(20)21/h5-7,16-17H,3-4,8-10,15H2,1-2H3. The minimum absolute atomic E-state index is 0.00750. The first kappa shape index (κ1) is 15.5. The van der Waals surface area contributed by atoms with E-state index in [2.05, 4.69) is 29.7 Å². The molecule has 1 aliphatic rings. The number of likely N-dealkylation sites (N-methyl/N-ethyl adjacent to an activating group) is 1. The zero-order valence-electron chi connectivity index (χ0n) is 12.6. The van der Waals surface area contributed by atoms with Crippen molar-refractivity contribution in [3.05, 3.63) is 28.3 Å². The van der Waals surface area contributed by atoms with Crippen molar-refractivity contribution in [2.45, 2.75) is 31.2 Å². The number of nitrogens with zero attached hydrogens (tertiary/aromatic N) is 2. The van der Waals surface area contributed by atoms with Crippen LogP contribution in [0.2, 0.25) is 0 Å². The number of benzene rings is 1. The molecule has 0 atom stereocenters. The van der Waals surface area contributed by atoms with Crippen molar-refractivity contribution in [2.24, 2.45) is 5.84 Å². The van der Waals surface area contributed by atoms with Crippen LogP contribution in [-0.2, 0) is 0 Å². The number of anilines is 2. The predicted octanol–water partition coefficient (Wildman–Crippen LogP) is 2.17. The summed E-state index contributed by atoms with van der Waals surface area (Å²) in [5, 5.41) is 14.5. The van der Waals surface area contributed by atoms with Gasteiger partial charge in [0.25, 0.3) is 0 Å². The minimum atomic E-state index is -0.408. The third-order valence-electron chi connectivity index (χ3n) is 4.46. The number of rotatable bonds is 6. The molecular weight excluding hydrogens is 270 g/mol. The maximum Gasteiger partial charge on any atom is 0.316 e. The molecule has 2 rings (SSSR count). The molecule has 0 amide bonds. The van der Waals surface area contributed by atoms with Gasteiger partial charge in [-0.05, 0) is 39.1 Å². The number of nitro groups is 1. The van der Waals surface area contributed by atoms with Gasteiger partial charge in [-0.25, -0.2) is 0 Å². The van der Waals surface area contributed by atoms with Gasteiger partial charge in [0.1, 0.15) is 11.4 Å². The van der Waals surface area contributed by atoms with E-state index in [-0.39, 0.29) is 11.2 Å². The van der Waals surface area contributed by atoms with Gasteiger partial charge < -0.3 is 15.6 Å². The highest BCUT2D eigenvalue weighted by Crippen LogP contribution is 2.36. The highest BCUT2D eigenvalue weighted by atomic mass is 16.6. The summed E-state index contributed by atoms with van der Waals surface area (Å²) in [6, 6.07) is 5.07. The number of nitro benzene ring substituents is 1. The van der Waals surface area contributed by atoms with Crippen LogP contribution in [0.15, 0.2) is 18.2 Å². The molecule has 0 spiro atoms. The summed E-state index contributed by atoms with van der Waals surface area (Å²) in [6.07, 6.45) is 4.62. The lowest BCUT2D eigenvalue weighted by Gasteiger charge is -2.36. The molecule has 0 radical (unpaired) electrons. The average Bonchev–Trinajstić information content (AvgIpc) is 2.94. The molecule has 4 N–H and O–H groups in total. The summed E-state index contributed by atoms with van der Waals surface area (Å²) in [5.41, 5.74) is 3.27. The molecule has 1 aliphatic carbocycles. The Kier molecular flexibility index (Phi) is 4.64. The third-order valence-corrected chi connectivity index (χ3v) is 4.46. The summed E-state index contributed by atoms with van der Waals surface area (Å²) in [7, 11) is 4.14. The molecule has 0 aliphatic heterocycles. The first-order valence-corrected chi connectivity index (χ1v) is 7.15. The van der Waals surface area contributed by atoms with E-state index in [9.17, 15) is 10.1 Å². The lowest BCUT2D eigenvalue weighted by Crippen LogP contribution is -2.47.